The maximum atomic E-state index is 12.4. The van der Waals surface area contributed by atoms with Crippen LogP contribution in [0.15, 0.2) is 22.8 Å². The number of fused-ring (bicyclic) bond motifs is 3. The van der Waals surface area contributed by atoms with E-state index < -0.39 is 0 Å². The van der Waals surface area contributed by atoms with E-state index in [1.54, 1.807) is 12.1 Å². The van der Waals surface area contributed by atoms with Crippen LogP contribution in [0.5, 0.6) is 11.1 Å². The third-order valence-electron chi connectivity index (χ3n) is 4.42. The Labute approximate surface area is 142 Å². The third-order valence-corrected chi connectivity index (χ3v) is 5.56. The Morgan fingerprint density at radius 1 is 1.43 bits per heavy atom. The van der Waals surface area contributed by atoms with Gasteiger partial charge in [-0.3, -0.25) is 4.79 Å². The molecule has 2 bridgehead atoms. The molecule has 5 heterocycles. The van der Waals surface area contributed by atoms with Crippen molar-refractivity contribution >= 4 is 28.8 Å². The molecule has 0 radical (unpaired) electrons. The number of halogens is 1. The van der Waals surface area contributed by atoms with Crippen molar-refractivity contribution < 1.29 is 13.9 Å². The van der Waals surface area contributed by atoms with Crippen LogP contribution in [0.3, 0.4) is 0 Å². The summed E-state index contributed by atoms with van der Waals surface area (Å²) >= 11 is 6.93. The number of rotatable bonds is 4. The Kier molecular flexibility index (Phi) is 4.00. The molecule has 0 aromatic carbocycles. The van der Waals surface area contributed by atoms with Crippen LogP contribution in [0.1, 0.15) is 22.5 Å². The minimum absolute atomic E-state index is 0.0472. The van der Waals surface area contributed by atoms with Crippen LogP contribution in [-0.4, -0.2) is 41.5 Å². The predicted molar refractivity (Wildman–Crippen MR) is 86.3 cm³/mol. The van der Waals surface area contributed by atoms with Crippen LogP contribution < -0.4 is 10.1 Å². The first kappa shape index (κ1) is 15.0. The number of nitrogens with one attached hydrogen (secondary N) is 1. The summed E-state index contributed by atoms with van der Waals surface area (Å²) in [6.45, 7) is 3.28. The fourth-order valence-corrected chi connectivity index (χ4v) is 4.10. The van der Waals surface area contributed by atoms with Crippen molar-refractivity contribution in [3.63, 3.8) is 0 Å². The lowest BCUT2D eigenvalue weighted by atomic mass is 9.84. The quantitative estimate of drug-likeness (QED) is 0.915. The molecule has 1 atom stereocenters. The lowest BCUT2D eigenvalue weighted by Crippen LogP contribution is -2.57. The monoisotopic (exact) mass is 353 g/mol. The molecule has 0 saturated carbocycles. The highest BCUT2D eigenvalue weighted by molar-refractivity contribution is 7.15. The van der Waals surface area contributed by atoms with E-state index in [2.05, 4.69) is 15.2 Å². The van der Waals surface area contributed by atoms with Crippen molar-refractivity contribution in [2.45, 2.75) is 18.9 Å². The molecule has 122 valence electrons. The average molecular weight is 354 g/mol. The standard InChI is InChI=1S/C15H16ClN3O3S/c16-12-8-21-15(18-12)22-13-2-1-11(23-13)14(20)17-10-7-19-5-3-9(10)4-6-19/h1-2,8-10H,3-7H2,(H,17,20). The van der Waals surface area contributed by atoms with Gasteiger partial charge in [-0.25, -0.2) is 0 Å². The molecular weight excluding hydrogens is 338 g/mol. The summed E-state index contributed by atoms with van der Waals surface area (Å²) in [6, 6.07) is 3.73. The van der Waals surface area contributed by atoms with Gasteiger partial charge in [-0.1, -0.05) is 22.9 Å². The highest BCUT2D eigenvalue weighted by Gasteiger charge is 2.35. The molecule has 3 saturated heterocycles. The number of nitrogens with zero attached hydrogens (tertiary/aromatic N) is 2. The Bertz CT molecular complexity index is 708. The van der Waals surface area contributed by atoms with E-state index in [0.717, 1.165) is 19.6 Å². The van der Waals surface area contributed by atoms with Gasteiger partial charge < -0.3 is 19.4 Å². The highest BCUT2D eigenvalue weighted by Crippen LogP contribution is 2.31. The van der Waals surface area contributed by atoms with Crippen LogP contribution in [0, 0.1) is 5.92 Å². The molecule has 23 heavy (non-hydrogen) atoms. The number of oxazole rings is 1. The Balaban J connectivity index is 1.39. The zero-order chi connectivity index (χ0) is 15.8. The number of ether oxygens (including phenoxy) is 1. The number of carbonyl (C=O) groups excluding carboxylic acids is 1. The molecule has 8 heteroatoms. The van der Waals surface area contributed by atoms with E-state index in [0.29, 0.717) is 15.9 Å². The van der Waals surface area contributed by atoms with Gasteiger partial charge in [0.2, 0.25) is 0 Å². The second kappa shape index (κ2) is 6.14. The summed E-state index contributed by atoms with van der Waals surface area (Å²) < 4.78 is 10.5. The Morgan fingerprint density at radius 3 is 2.91 bits per heavy atom. The maximum absolute atomic E-state index is 12.4. The zero-order valence-corrected chi connectivity index (χ0v) is 13.9. The van der Waals surface area contributed by atoms with E-state index in [9.17, 15) is 4.79 Å². The van der Waals surface area contributed by atoms with Crippen LogP contribution in [-0.2, 0) is 0 Å². The first-order chi connectivity index (χ1) is 11.2. The molecule has 5 rings (SSSR count). The molecule has 0 aliphatic carbocycles. The second-order valence-corrected chi connectivity index (χ2v) is 7.31. The maximum Gasteiger partial charge on any atom is 0.401 e. The van der Waals surface area contributed by atoms with Gasteiger partial charge in [-0.05, 0) is 44.0 Å². The number of hydrogen-bond acceptors (Lipinski definition) is 6. The number of carbonyl (C=O) groups is 1. The van der Waals surface area contributed by atoms with Crippen LogP contribution in [0.4, 0.5) is 0 Å². The van der Waals surface area contributed by atoms with Crippen molar-refractivity contribution in [2.75, 3.05) is 19.6 Å². The molecule has 1 amide bonds. The first-order valence-corrected chi connectivity index (χ1v) is 8.79. The third kappa shape index (κ3) is 3.22. The number of aromatic nitrogens is 1. The largest absolute Gasteiger partial charge is 0.416 e. The molecule has 0 spiro atoms. The Morgan fingerprint density at radius 2 is 2.26 bits per heavy atom. The van der Waals surface area contributed by atoms with Gasteiger partial charge in [0.05, 0.1) is 4.88 Å². The van der Waals surface area contributed by atoms with E-state index in [-0.39, 0.29) is 23.2 Å². The van der Waals surface area contributed by atoms with Gasteiger partial charge in [-0.2, -0.15) is 4.98 Å². The predicted octanol–water partition coefficient (Wildman–Crippen LogP) is 3.01. The van der Waals surface area contributed by atoms with Gasteiger partial charge in [0.25, 0.3) is 5.91 Å². The molecule has 1 unspecified atom stereocenters. The van der Waals surface area contributed by atoms with Crippen LogP contribution in [0.2, 0.25) is 5.15 Å². The lowest BCUT2D eigenvalue weighted by molar-refractivity contribution is 0.0622. The van der Waals surface area contributed by atoms with Gasteiger partial charge in [0.1, 0.15) is 6.26 Å². The van der Waals surface area contributed by atoms with E-state index in [1.807, 2.05) is 0 Å². The summed E-state index contributed by atoms with van der Waals surface area (Å²) in [7, 11) is 0. The molecule has 3 aliphatic heterocycles. The number of amides is 1. The Hall–Kier alpha value is -1.57. The van der Waals surface area contributed by atoms with E-state index >= 15 is 0 Å². The smallest absolute Gasteiger partial charge is 0.401 e. The molecule has 2 aromatic heterocycles. The minimum atomic E-state index is -0.0472. The molecule has 1 N–H and O–H groups in total. The molecule has 3 fully saturated rings. The number of thiophene rings is 1. The van der Waals surface area contributed by atoms with Crippen molar-refractivity contribution in [1.82, 2.24) is 15.2 Å². The fourth-order valence-electron chi connectivity index (χ4n) is 3.24. The number of hydrogen-bond donors (Lipinski definition) is 1. The highest BCUT2D eigenvalue weighted by atomic mass is 35.5. The van der Waals surface area contributed by atoms with Gasteiger partial charge >= 0.3 is 6.08 Å². The van der Waals surface area contributed by atoms with Crippen LogP contribution >= 0.6 is 22.9 Å². The first-order valence-electron chi connectivity index (χ1n) is 7.59. The summed E-state index contributed by atoms with van der Waals surface area (Å²) in [5.41, 5.74) is 0. The van der Waals surface area contributed by atoms with E-state index in [1.165, 1.54) is 30.4 Å². The van der Waals surface area contributed by atoms with Crippen molar-refractivity contribution in [3.8, 4) is 11.1 Å². The second-order valence-electron chi connectivity index (χ2n) is 5.87. The summed E-state index contributed by atoms with van der Waals surface area (Å²) in [5, 5.41) is 3.94. The molecule has 2 aromatic rings. The molecular formula is C15H16ClN3O3S. The summed E-state index contributed by atoms with van der Waals surface area (Å²) in [5.74, 6) is 0.558. The number of piperidine rings is 3. The lowest BCUT2D eigenvalue weighted by Gasteiger charge is -2.44. The topological polar surface area (TPSA) is 67.6 Å². The molecule has 6 nitrogen and oxygen atoms in total. The van der Waals surface area contributed by atoms with Crippen LogP contribution in [0.25, 0.3) is 0 Å². The molecule has 3 aliphatic rings. The summed E-state index contributed by atoms with van der Waals surface area (Å²) in [6.07, 6.45) is 3.72. The van der Waals surface area contributed by atoms with Crippen molar-refractivity contribution in [3.05, 3.63) is 28.4 Å². The van der Waals surface area contributed by atoms with Crippen molar-refractivity contribution in [1.29, 1.82) is 0 Å². The normalized spacial score (nSPS) is 26.2. The van der Waals surface area contributed by atoms with Gasteiger partial charge in [0.15, 0.2) is 10.2 Å². The van der Waals surface area contributed by atoms with E-state index in [4.69, 9.17) is 20.8 Å². The fraction of sp³-hybridized carbons (Fsp3) is 0.467. The minimum Gasteiger partial charge on any atom is -0.416 e. The summed E-state index contributed by atoms with van der Waals surface area (Å²) in [4.78, 5) is 19.3. The van der Waals surface area contributed by atoms with Gasteiger partial charge in [0, 0.05) is 12.6 Å². The average Bonchev–Trinajstić information content (AvgIpc) is 3.18. The zero-order valence-electron chi connectivity index (χ0n) is 12.3. The SMILES string of the molecule is O=C(NC1CN2CCC1CC2)c1ccc(Oc2nc(Cl)co2)s1. The van der Waals surface area contributed by atoms with Gasteiger partial charge in [-0.15, -0.1) is 0 Å². The van der Waals surface area contributed by atoms with Crippen molar-refractivity contribution in [2.24, 2.45) is 5.92 Å².